The van der Waals surface area contributed by atoms with Crippen LogP contribution in [0.4, 0.5) is 0 Å². The number of aromatic amines is 1. The van der Waals surface area contributed by atoms with Crippen molar-refractivity contribution in [3.05, 3.63) is 17.5 Å². The molecule has 1 heterocycles. The van der Waals surface area contributed by atoms with Gasteiger partial charge in [0.25, 0.3) is 5.91 Å². The smallest absolute Gasteiger partial charge is 0.254 e. The van der Waals surface area contributed by atoms with Crippen LogP contribution in [0.15, 0.2) is 6.20 Å². The highest BCUT2D eigenvalue weighted by Gasteiger charge is 2.23. The Morgan fingerprint density at radius 1 is 1.62 bits per heavy atom. The van der Waals surface area contributed by atoms with E-state index in [1.165, 1.54) is 19.3 Å². The molecular formula is C12H19N3O. The van der Waals surface area contributed by atoms with Gasteiger partial charge < -0.3 is 5.32 Å². The van der Waals surface area contributed by atoms with Crippen LogP contribution in [0.1, 0.15) is 42.2 Å². The van der Waals surface area contributed by atoms with Crippen molar-refractivity contribution in [1.29, 1.82) is 0 Å². The summed E-state index contributed by atoms with van der Waals surface area (Å²) >= 11 is 0. The van der Waals surface area contributed by atoms with E-state index in [9.17, 15) is 4.79 Å². The maximum Gasteiger partial charge on any atom is 0.254 e. The Labute approximate surface area is 95.8 Å². The lowest BCUT2D eigenvalue weighted by atomic mass is 9.98. The average molecular weight is 221 g/mol. The minimum Gasteiger partial charge on any atom is -0.352 e. The molecule has 0 radical (unpaired) electrons. The molecule has 0 aromatic carbocycles. The molecular weight excluding hydrogens is 202 g/mol. The summed E-state index contributed by atoms with van der Waals surface area (Å²) in [4.78, 5) is 11.8. The Kier molecular flexibility index (Phi) is 3.27. The molecule has 4 heteroatoms. The predicted molar refractivity (Wildman–Crippen MR) is 62.2 cm³/mol. The highest BCUT2D eigenvalue weighted by molar-refractivity contribution is 5.94. The van der Waals surface area contributed by atoms with Crippen LogP contribution in [0.3, 0.4) is 0 Å². The second-order valence-electron chi connectivity index (χ2n) is 4.79. The summed E-state index contributed by atoms with van der Waals surface area (Å²) in [5.41, 5.74) is 1.49. The first-order valence-electron chi connectivity index (χ1n) is 5.96. The van der Waals surface area contributed by atoms with Crippen molar-refractivity contribution in [1.82, 2.24) is 15.5 Å². The summed E-state index contributed by atoms with van der Waals surface area (Å²) in [6.45, 7) is 4.93. The Morgan fingerprint density at radius 3 is 3.00 bits per heavy atom. The molecule has 2 unspecified atom stereocenters. The predicted octanol–water partition coefficient (Wildman–Crippen LogP) is 1.88. The van der Waals surface area contributed by atoms with Crippen molar-refractivity contribution in [2.45, 2.75) is 33.1 Å². The average Bonchev–Trinajstić information content (AvgIpc) is 2.84. The summed E-state index contributed by atoms with van der Waals surface area (Å²) in [5.74, 6) is 1.38. The summed E-state index contributed by atoms with van der Waals surface area (Å²) in [7, 11) is 0. The van der Waals surface area contributed by atoms with Gasteiger partial charge in [0.2, 0.25) is 0 Å². The van der Waals surface area contributed by atoms with Gasteiger partial charge in [-0.3, -0.25) is 9.89 Å². The van der Waals surface area contributed by atoms with E-state index in [0.717, 1.165) is 18.2 Å². The molecule has 88 valence electrons. The van der Waals surface area contributed by atoms with Gasteiger partial charge in [0.15, 0.2) is 0 Å². The van der Waals surface area contributed by atoms with Crippen molar-refractivity contribution in [3.63, 3.8) is 0 Å². The molecule has 16 heavy (non-hydrogen) atoms. The lowest BCUT2D eigenvalue weighted by molar-refractivity contribution is 0.0944. The largest absolute Gasteiger partial charge is 0.352 e. The van der Waals surface area contributed by atoms with Crippen LogP contribution in [0.5, 0.6) is 0 Å². The molecule has 2 rings (SSSR count). The zero-order valence-electron chi connectivity index (χ0n) is 9.92. The van der Waals surface area contributed by atoms with E-state index in [1.807, 2.05) is 6.92 Å². The molecule has 1 aliphatic carbocycles. The quantitative estimate of drug-likeness (QED) is 0.818. The van der Waals surface area contributed by atoms with Crippen LogP contribution in [-0.4, -0.2) is 22.6 Å². The molecule has 1 aromatic heterocycles. The number of amides is 1. The molecule has 0 spiro atoms. The minimum absolute atomic E-state index is 0.00894. The van der Waals surface area contributed by atoms with E-state index >= 15 is 0 Å². The molecule has 2 atom stereocenters. The van der Waals surface area contributed by atoms with Crippen LogP contribution in [0.25, 0.3) is 0 Å². The Morgan fingerprint density at radius 2 is 2.44 bits per heavy atom. The third kappa shape index (κ3) is 2.26. The third-order valence-electron chi connectivity index (χ3n) is 3.64. The van der Waals surface area contributed by atoms with Crippen LogP contribution < -0.4 is 5.32 Å². The highest BCUT2D eigenvalue weighted by atomic mass is 16.1. The number of hydrogen-bond donors (Lipinski definition) is 2. The zero-order chi connectivity index (χ0) is 11.5. The van der Waals surface area contributed by atoms with E-state index in [-0.39, 0.29) is 5.91 Å². The first-order chi connectivity index (χ1) is 7.68. The fourth-order valence-electron chi connectivity index (χ4n) is 2.42. The maximum absolute atomic E-state index is 11.8. The molecule has 1 amide bonds. The Bertz CT molecular complexity index is 372. The van der Waals surface area contributed by atoms with Gasteiger partial charge in [-0.2, -0.15) is 5.10 Å². The summed E-state index contributed by atoms with van der Waals surface area (Å²) in [5, 5.41) is 9.63. The number of nitrogens with one attached hydrogen (secondary N) is 2. The molecule has 4 nitrogen and oxygen atoms in total. The Hall–Kier alpha value is -1.32. The van der Waals surface area contributed by atoms with Crippen LogP contribution in [0.2, 0.25) is 0 Å². The van der Waals surface area contributed by atoms with Crippen molar-refractivity contribution in [2.24, 2.45) is 11.8 Å². The third-order valence-corrected chi connectivity index (χ3v) is 3.64. The molecule has 0 bridgehead atoms. The lowest BCUT2D eigenvalue weighted by Crippen LogP contribution is -2.30. The number of carbonyl (C=O) groups is 1. The Balaban J connectivity index is 1.86. The van der Waals surface area contributed by atoms with Gasteiger partial charge in [0.05, 0.1) is 11.8 Å². The summed E-state index contributed by atoms with van der Waals surface area (Å²) in [6.07, 6.45) is 5.42. The van der Waals surface area contributed by atoms with Crippen LogP contribution >= 0.6 is 0 Å². The van der Waals surface area contributed by atoms with Gasteiger partial charge in [-0.05, 0) is 25.2 Å². The van der Waals surface area contributed by atoms with Gasteiger partial charge >= 0.3 is 0 Å². The van der Waals surface area contributed by atoms with E-state index in [2.05, 4.69) is 22.4 Å². The van der Waals surface area contributed by atoms with Crippen molar-refractivity contribution < 1.29 is 4.79 Å². The van der Waals surface area contributed by atoms with Crippen LogP contribution in [0, 0.1) is 18.8 Å². The molecule has 0 aliphatic heterocycles. The first kappa shape index (κ1) is 11.2. The molecule has 1 aliphatic rings. The first-order valence-corrected chi connectivity index (χ1v) is 5.96. The van der Waals surface area contributed by atoms with E-state index in [0.29, 0.717) is 11.5 Å². The van der Waals surface area contributed by atoms with Gasteiger partial charge in [-0.25, -0.2) is 0 Å². The number of nitrogens with zero attached hydrogens (tertiary/aromatic N) is 1. The number of aromatic nitrogens is 2. The molecule has 1 fully saturated rings. The monoisotopic (exact) mass is 221 g/mol. The molecule has 1 aromatic rings. The highest BCUT2D eigenvalue weighted by Crippen LogP contribution is 2.30. The molecule has 2 N–H and O–H groups in total. The van der Waals surface area contributed by atoms with Gasteiger partial charge in [0, 0.05) is 12.2 Å². The van der Waals surface area contributed by atoms with Crippen molar-refractivity contribution in [2.75, 3.05) is 6.54 Å². The topological polar surface area (TPSA) is 57.8 Å². The zero-order valence-corrected chi connectivity index (χ0v) is 9.92. The normalized spacial score (nSPS) is 24.6. The number of hydrogen-bond acceptors (Lipinski definition) is 2. The van der Waals surface area contributed by atoms with E-state index in [1.54, 1.807) is 6.20 Å². The molecule has 0 saturated heterocycles. The SMILES string of the molecule is Cc1[nH]ncc1C(=O)NCC1CCCC1C. The van der Waals surface area contributed by atoms with Gasteiger partial charge in [0.1, 0.15) is 0 Å². The second kappa shape index (κ2) is 4.68. The maximum atomic E-state index is 11.8. The van der Waals surface area contributed by atoms with Crippen molar-refractivity contribution >= 4 is 5.91 Å². The fourth-order valence-corrected chi connectivity index (χ4v) is 2.42. The fraction of sp³-hybridized carbons (Fsp3) is 0.667. The number of carbonyl (C=O) groups excluding carboxylic acids is 1. The number of aryl methyl sites for hydroxylation is 1. The van der Waals surface area contributed by atoms with Gasteiger partial charge in [-0.1, -0.05) is 19.8 Å². The second-order valence-corrected chi connectivity index (χ2v) is 4.79. The lowest BCUT2D eigenvalue weighted by Gasteiger charge is -2.15. The number of H-pyrrole nitrogens is 1. The van der Waals surface area contributed by atoms with E-state index in [4.69, 9.17) is 0 Å². The van der Waals surface area contributed by atoms with Crippen molar-refractivity contribution in [3.8, 4) is 0 Å². The summed E-state index contributed by atoms with van der Waals surface area (Å²) in [6, 6.07) is 0. The summed E-state index contributed by atoms with van der Waals surface area (Å²) < 4.78 is 0. The number of rotatable bonds is 3. The van der Waals surface area contributed by atoms with E-state index < -0.39 is 0 Å². The molecule has 1 saturated carbocycles. The van der Waals surface area contributed by atoms with Gasteiger partial charge in [-0.15, -0.1) is 0 Å². The standard InChI is InChI=1S/C12H19N3O/c1-8-4-3-5-10(8)6-13-12(16)11-7-14-15-9(11)2/h7-8,10H,3-6H2,1-2H3,(H,13,16)(H,14,15). The van der Waals surface area contributed by atoms with Crippen LogP contribution in [-0.2, 0) is 0 Å². The minimum atomic E-state index is -0.00894.